The number of hydrogen-bond donors (Lipinski definition) is 0. The van der Waals surface area contributed by atoms with Crippen LogP contribution in [0.3, 0.4) is 0 Å². The number of likely N-dealkylation sites (tertiary alicyclic amines) is 1. The van der Waals surface area contributed by atoms with Gasteiger partial charge in [-0.3, -0.25) is 4.79 Å². The maximum atomic E-state index is 13.6. The fraction of sp³-hybridized carbons (Fsp3) is 0.385. The van der Waals surface area contributed by atoms with Gasteiger partial charge in [-0.1, -0.05) is 40.9 Å². The number of rotatable bonds is 3. The van der Waals surface area contributed by atoms with Crippen LogP contribution in [-0.4, -0.2) is 74.1 Å². The number of halogens is 6. The summed E-state index contributed by atoms with van der Waals surface area (Å²) < 4.78 is 40.7. The minimum atomic E-state index is -4.62. The zero-order chi connectivity index (χ0) is 28.8. The van der Waals surface area contributed by atoms with E-state index in [1.165, 1.54) is 4.90 Å². The van der Waals surface area contributed by atoms with Crippen LogP contribution in [0.5, 0.6) is 0 Å². The number of nitrogens with zero attached hydrogens (tertiary/aromatic N) is 6. The van der Waals surface area contributed by atoms with E-state index in [1.807, 2.05) is 6.07 Å². The second-order valence-corrected chi connectivity index (χ2v) is 11.0. The number of hydrogen-bond acceptors (Lipinski definition) is 4. The molecule has 2 aromatic carbocycles. The van der Waals surface area contributed by atoms with Gasteiger partial charge < -0.3 is 19.3 Å². The molecule has 2 atom stereocenters. The number of piperidine rings is 1. The van der Waals surface area contributed by atoms with Crippen molar-refractivity contribution in [1.82, 2.24) is 29.5 Å². The van der Waals surface area contributed by atoms with E-state index < -0.39 is 12.0 Å². The van der Waals surface area contributed by atoms with Gasteiger partial charge in [-0.05, 0) is 48.4 Å². The third-order valence-electron chi connectivity index (χ3n) is 7.40. The molecule has 2 aliphatic rings. The summed E-state index contributed by atoms with van der Waals surface area (Å²) in [5.74, 6) is -1.49. The molecule has 3 heterocycles. The fourth-order valence-electron chi connectivity index (χ4n) is 5.32. The van der Waals surface area contributed by atoms with Crippen molar-refractivity contribution < 1.29 is 22.8 Å². The van der Waals surface area contributed by atoms with Crippen LogP contribution in [0.2, 0.25) is 15.1 Å². The summed E-state index contributed by atoms with van der Waals surface area (Å²) >= 11 is 18.5. The number of carbonyl (C=O) groups is 2. The number of urea groups is 1. The van der Waals surface area contributed by atoms with E-state index in [0.717, 1.165) is 10.1 Å². The van der Waals surface area contributed by atoms with Crippen molar-refractivity contribution in [3.05, 3.63) is 80.3 Å². The van der Waals surface area contributed by atoms with Crippen LogP contribution in [0, 0.1) is 0 Å². The minimum Gasteiger partial charge on any atom is -0.338 e. The van der Waals surface area contributed by atoms with Crippen LogP contribution >= 0.6 is 34.8 Å². The Labute approximate surface area is 243 Å². The molecule has 0 spiro atoms. The second-order valence-electron chi connectivity index (χ2n) is 9.80. The van der Waals surface area contributed by atoms with Gasteiger partial charge in [0.1, 0.15) is 0 Å². The molecule has 8 nitrogen and oxygen atoms in total. The van der Waals surface area contributed by atoms with Crippen molar-refractivity contribution in [3.63, 3.8) is 0 Å². The number of carbonyl (C=O) groups excluding carboxylic acids is 2. The lowest BCUT2D eigenvalue weighted by Gasteiger charge is -2.44. The normalized spacial score (nSPS) is 19.4. The maximum Gasteiger partial charge on any atom is 0.451 e. The number of aromatic nitrogens is 3. The van der Waals surface area contributed by atoms with E-state index in [4.69, 9.17) is 34.8 Å². The molecule has 3 aromatic rings. The largest absolute Gasteiger partial charge is 0.451 e. The molecule has 0 unspecified atom stereocenters. The Balaban J connectivity index is 1.37. The topological polar surface area (TPSA) is 74.6 Å². The van der Waals surface area contributed by atoms with Crippen LogP contribution in [0.25, 0.3) is 0 Å². The average Bonchev–Trinajstić information content (AvgIpc) is 3.38. The Morgan fingerprint density at radius 2 is 1.68 bits per heavy atom. The molecule has 5 rings (SSSR count). The molecule has 1 saturated heterocycles. The molecular weight excluding hydrogens is 592 g/mol. The lowest BCUT2D eigenvalue weighted by atomic mass is 9.85. The Morgan fingerprint density at radius 1 is 0.950 bits per heavy atom. The predicted octanol–water partition coefficient (Wildman–Crippen LogP) is 5.82. The standard InChI is InChI=1S/C26H24Cl3F3N6O2/c1-35(23(39)15-2-5-17(27)6-3-15)21-8-9-36(13-18(21)16-4-7-19(28)20(29)12-16)25(40)37-10-11-38-22(14-37)33-34-24(38)26(30,31)32/h2-7,12,18,21H,8-11,13-14H2,1H3/t18-,21+/m0/s1. The van der Waals surface area contributed by atoms with Crippen LogP contribution in [-0.2, 0) is 19.3 Å². The highest BCUT2D eigenvalue weighted by Gasteiger charge is 2.42. The Hall–Kier alpha value is -3.02. The summed E-state index contributed by atoms with van der Waals surface area (Å²) in [6, 6.07) is 11.3. The molecule has 212 valence electrons. The molecule has 0 aliphatic carbocycles. The lowest BCUT2D eigenvalue weighted by molar-refractivity contribution is -0.147. The molecule has 0 radical (unpaired) electrons. The van der Waals surface area contributed by atoms with E-state index in [9.17, 15) is 22.8 Å². The molecule has 0 bridgehead atoms. The Bertz CT molecular complexity index is 1430. The monoisotopic (exact) mass is 614 g/mol. The summed E-state index contributed by atoms with van der Waals surface area (Å²) in [5.41, 5.74) is 1.29. The SMILES string of the molecule is CN(C(=O)c1ccc(Cl)cc1)[C@@H]1CCN(C(=O)N2CCn3c(nnc3C(F)(F)F)C2)C[C@H]1c1ccc(Cl)c(Cl)c1. The highest BCUT2D eigenvalue weighted by atomic mass is 35.5. The Morgan fingerprint density at radius 3 is 2.35 bits per heavy atom. The highest BCUT2D eigenvalue weighted by Crippen LogP contribution is 2.35. The molecule has 1 fully saturated rings. The second kappa shape index (κ2) is 11.1. The van der Waals surface area contributed by atoms with Crippen LogP contribution in [0.4, 0.5) is 18.0 Å². The number of alkyl halides is 3. The van der Waals surface area contributed by atoms with Gasteiger partial charge in [0, 0.05) is 55.8 Å². The average molecular weight is 616 g/mol. The van der Waals surface area contributed by atoms with Crippen molar-refractivity contribution in [1.29, 1.82) is 0 Å². The van der Waals surface area contributed by atoms with Crippen molar-refractivity contribution in [2.75, 3.05) is 26.7 Å². The number of benzene rings is 2. The van der Waals surface area contributed by atoms with Gasteiger partial charge >= 0.3 is 12.2 Å². The van der Waals surface area contributed by atoms with Crippen molar-refractivity contribution in [2.24, 2.45) is 0 Å². The molecule has 0 N–H and O–H groups in total. The van der Waals surface area contributed by atoms with E-state index >= 15 is 0 Å². The minimum absolute atomic E-state index is 0.0616. The molecule has 1 aromatic heterocycles. The predicted molar refractivity (Wildman–Crippen MR) is 144 cm³/mol. The van der Waals surface area contributed by atoms with Gasteiger partial charge in [-0.25, -0.2) is 4.79 Å². The summed E-state index contributed by atoms with van der Waals surface area (Å²) in [6.45, 7) is 0.536. The third kappa shape index (κ3) is 5.59. The van der Waals surface area contributed by atoms with Gasteiger partial charge in [0.25, 0.3) is 5.91 Å². The lowest BCUT2D eigenvalue weighted by Crippen LogP contribution is -2.55. The quantitative estimate of drug-likeness (QED) is 0.372. The van der Waals surface area contributed by atoms with Gasteiger partial charge in [-0.2, -0.15) is 13.2 Å². The van der Waals surface area contributed by atoms with E-state index in [0.29, 0.717) is 33.6 Å². The highest BCUT2D eigenvalue weighted by molar-refractivity contribution is 6.42. The first-order valence-corrected chi connectivity index (χ1v) is 13.6. The zero-order valence-corrected chi connectivity index (χ0v) is 23.5. The summed E-state index contributed by atoms with van der Waals surface area (Å²) in [4.78, 5) is 31.7. The summed E-state index contributed by atoms with van der Waals surface area (Å²) in [6.07, 6.45) is -4.16. The van der Waals surface area contributed by atoms with Gasteiger partial charge in [0.05, 0.1) is 16.6 Å². The fourth-order valence-corrected chi connectivity index (χ4v) is 5.76. The number of likely N-dealkylation sites (N-methyl/N-ethyl adjacent to an activating group) is 1. The zero-order valence-electron chi connectivity index (χ0n) is 21.2. The van der Waals surface area contributed by atoms with E-state index in [2.05, 4.69) is 10.2 Å². The van der Waals surface area contributed by atoms with Crippen LogP contribution in [0.15, 0.2) is 42.5 Å². The first-order valence-electron chi connectivity index (χ1n) is 12.4. The van der Waals surface area contributed by atoms with Crippen LogP contribution in [0.1, 0.15) is 39.9 Å². The van der Waals surface area contributed by atoms with Crippen molar-refractivity contribution in [3.8, 4) is 0 Å². The van der Waals surface area contributed by atoms with Gasteiger partial charge in [0.2, 0.25) is 5.82 Å². The smallest absolute Gasteiger partial charge is 0.338 e. The van der Waals surface area contributed by atoms with E-state index in [1.54, 1.807) is 53.2 Å². The molecule has 14 heteroatoms. The maximum absolute atomic E-state index is 13.6. The summed E-state index contributed by atoms with van der Waals surface area (Å²) in [7, 11) is 1.72. The first-order chi connectivity index (χ1) is 18.9. The van der Waals surface area contributed by atoms with Crippen LogP contribution < -0.4 is 0 Å². The first kappa shape index (κ1) is 28.5. The van der Waals surface area contributed by atoms with Gasteiger partial charge in [0.15, 0.2) is 5.82 Å². The third-order valence-corrected chi connectivity index (χ3v) is 8.40. The molecule has 0 saturated carbocycles. The van der Waals surface area contributed by atoms with E-state index in [-0.39, 0.29) is 55.9 Å². The molecule has 40 heavy (non-hydrogen) atoms. The molecule has 2 aliphatic heterocycles. The number of amides is 3. The van der Waals surface area contributed by atoms with Crippen molar-refractivity contribution >= 4 is 46.7 Å². The molecular formula is C26H24Cl3F3N6O2. The summed E-state index contributed by atoms with van der Waals surface area (Å²) in [5, 5.41) is 8.21. The Kier molecular flexibility index (Phi) is 7.91. The number of fused-ring (bicyclic) bond motifs is 1. The van der Waals surface area contributed by atoms with Gasteiger partial charge in [-0.15, -0.1) is 10.2 Å². The van der Waals surface area contributed by atoms with Crippen molar-refractivity contribution in [2.45, 2.75) is 37.6 Å². The molecule has 3 amide bonds.